The summed E-state index contributed by atoms with van der Waals surface area (Å²) in [4.78, 5) is 24.4. The van der Waals surface area contributed by atoms with Gasteiger partial charge < -0.3 is 15.2 Å². The lowest BCUT2D eigenvalue weighted by atomic mass is 9.84. The van der Waals surface area contributed by atoms with Gasteiger partial charge in [0.2, 0.25) is 0 Å². The maximum absolute atomic E-state index is 12.7. The van der Waals surface area contributed by atoms with Crippen LogP contribution in [0.25, 0.3) is 6.08 Å². The summed E-state index contributed by atoms with van der Waals surface area (Å²) < 4.78 is 5.32. The van der Waals surface area contributed by atoms with Gasteiger partial charge in [0, 0.05) is 12.4 Å². The number of rotatable bonds is 6. The van der Waals surface area contributed by atoms with Crippen LogP contribution in [0, 0.1) is 0 Å². The van der Waals surface area contributed by atoms with E-state index in [9.17, 15) is 14.7 Å². The fourth-order valence-electron chi connectivity index (χ4n) is 2.92. The molecule has 0 aliphatic carbocycles. The summed E-state index contributed by atoms with van der Waals surface area (Å²) in [7, 11) is 0. The highest BCUT2D eigenvalue weighted by atomic mass is 35.5. The van der Waals surface area contributed by atoms with E-state index < -0.39 is 17.9 Å². The molecule has 1 unspecified atom stereocenters. The number of esters is 1. The second-order valence-electron chi connectivity index (χ2n) is 6.19. The molecule has 0 radical (unpaired) electrons. The van der Waals surface area contributed by atoms with Crippen LogP contribution in [-0.4, -0.2) is 23.7 Å². The maximum Gasteiger partial charge on any atom is 0.336 e. The number of carbonyl (C=O) groups is 2. The zero-order valence-corrected chi connectivity index (χ0v) is 16.7. The number of carboxylic acids is 1. The minimum absolute atomic E-state index is 0.00216. The van der Waals surface area contributed by atoms with Crippen molar-refractivity contribution in [2.45, 2.75) is 5.92 Å². The number of hydrogen-bond acceptors (Lipinski definition) is 4. The fraction of sp³-hybridized carbons (Fsp3) is 0.0909. The number of halogens is 2. The van der Waals surface area contributed by atoms with Crippen LogP contribution in [0.15, 0.2) is 78.2 Å². The second-order valence-corrected chi connectivity index (χ2v) is 7.00. The number of dihydropyridines is 1. The second kappa shape index (κ2) is 9.45. The largest absolute Gasteiger partial charge is 0.478 e. The van der Waals surface area contributed by atoms with E-state index in [-0.39, 0.29) is 22.8 Å². The van der Waals surface area contributed by atoms with Gasteiger partial charge in [-0.15, -0.1) is 0 Å². The number of carbonyl (C=O) groups excluding carboxylic acids is 1. The van der Waals surface area contributed by atoms with E-state index in [2.05, 4.69) is 5.32 Å². The first-order chi connectivity index (χ1) is 14.0. The molecule has 29 heavy (non-hydrogen) atoms. The molecule has 5 nitrogen and oxygen atoms in total. The Morgan fingerprint density at radius 3 is 2.45 bits per heavy atom. The average molecular weight is 430 g/mol. The van der Waals surface area contributed by atoms with Crippen molar-refractivity contribution in [2.24, 2.45) is 0 Å². The predicted molar refractivity (Wildman–Crippen MR) is 113 cm³/mol. The Morgan fingerprint density at radius 1 is 1.03 bits per heavy atom. The fourth-order valence-corrected chi connectivity index (χ4v) is 3.23. The molecule has 2 aromatic rings. The smallest absolute Gasteiger partial charge is 0.336 e. The Bertz CT molecular complexity index is 1010. The predicted octanol–water partition coefficient (Wildman–Crippen LogP) is 4.79. The molecule has 1 heterocycles. The van der Waals surface area contributed by atoms with E-state index in [1.807, 2.05) is 36.4 Å². The standard InChI is InChI=1S/C22H17Cl2NO4/c23-18-9-8-15(11-19(18)24)20-16(21(26)27)12-25-13-17(20)22(28)29-10-4-7-14-5-2-1-3-6-14/h1-9,11-13,20,25H,10H2,(H,26,27)/b7-4+. The van der Waals surface area contributed by atoms with Gasteiger partial charge in [-0.25, -0.2) is 9.59 Å². The Morgan fingerprint density at radius 2 is 1.76 bits per heavy atom. The van der Waals surface area contributed by atoms with Gasteiger partial charge in [0.05, 0.1) is 27.1 Å². The molecule has 1 atom stereocenters. The highest BCUT2D eigenvalue weighted by Gasteiger charge is 2.33. The summed E-state index contributed by atoms with van der Waals surface area (Å²) in [6.45, 7) is 0.0469. The van der Waals surface area contributed by atoms with Crippen LogP contribution in [0.2, 0.25) is 10.0 Å². The first-order valence-electron chi connectivity index (χ1n) is 8.70. The van der Waals surface area contributed by atoms with Crippen molar-refractivity contribution >= 4 is 41.2 Å². The number of hydrogen-bond donors (Lipinski definition) is 2. The van der Waals surface area contributed by atoms with Crippen LogP contribution in [0.1, 0.15) is 17.0 Å². The molecule has 0 saturated carbocycles. The summed E-state index contributed by atoms with van der Waals surface area (Å²) in [6.07, 6.45) is 6.32. The SMILES string of the molecule is O=C(O)C1=CNC=C(C(=O)OC/C=C/c2ccccc2)C1c1ccc(Cl)c(Cl)c1. The van der Waals surface area contributed by atoms with Crippen LogP contribution in [0.5, 0.6) is 0 Å². The highest BCUT2D eigenvalue weighted by Crippen LogP contribution is 2.37. The van der Waals surface area contributed by atoms with Crippen molar-refractivity contribution in [3.05, 3.63) is 99.3 Å². The van der Waals surface area contributed by atoms with Gasteiger partial charge >= 0.3 is 11.9 Å². The molecular weight excluding hydrogens is 413 g/mol. The van der Waals surface area contributed by atoms with Gasteiger partial charge in [-0.05, 0) is 29.3 Å². The van der Waals surface area contributed by atoms with E-state index >= 15 is 0 Å². The van der Waals surface area contributed by atoms with Crippen LogP contribution >= 0.6 is 23.2 Å². The molecule has 1 aliphatic rings. The molecule has 0 bridgehead atoms. The van der Waals surface area contributed by atoms with E-state index in [1.54, 1.807) is 24.3 Å². The van der Waals surface area contributed by atoms with Gasteiger partial charge in [-0.3, -0.25) is 0 Å². The molecule has 148 valence electrons. The lowest BCUT2D eigenvalue weighted by Crippen LogP contribution is -2.26. The number of benzene rings is 2. The average Bonchev–Trinajstić information content (AvgIpc) is 2.73. The molecule has 1 aliphatic heterocycles. The molecule has 2 aromatic carbocycles. The third-order valence-electron chi connectivity index (χ3n) is 4.28. The van der Waals surface area contributed by atoms with Crippen LogP contribution < -0.4 is 5.32 Å². The summed E-state index contributed by atoms with van der Waals surface area (Å²) >= 11 is 12.1. The Hall–Kier alpha value is -3.02. The summed E-state index contributed by atoms with van der Waals surface area (Å²) in [5.41, 5.74) is 1.67. The van der Waals surface area contributed by atoms with Gasteiger partial charge in [0.15, 0.2) is 0 Å². The van der Waals surface area contributed by atoms with Crippen molar-refractivity contribution in [1.29, 1.82) is 0 Å². The lowest BCUT2D eigenvalue weighted by Gasteiger charge is -2.24. The molecular formula is C22H17Cl2NO4. The number of ether oxygens (including phenoxy) is 1. The molecule has 0 aromatic heterocycles. The molecule has 2 N–H and O–H groups in total. The zero-order chi connectivity index (χ0) is 20.8. The summed E-state index contributed by atoms with van der Waals surface area (Å²) in [6, 6.07) is 14.3. The molecule has 0 fully saturated rings. The Labute approximate surface area is 177 Å². The van der Waals surface area contributed by atoms with Crippen molar-refractivity contribution in [2.75, 3.05) is 6.61 Å². The van der Waals surface area contributed by atoms with Crippen molar-refractivity contribution in [3.63, 3.8) is 0 Å². The summed E-state index contributed by atoms with van der Waals surface area (Å²) in [5, 5.41) is 12.9. The van der Waals surface area contributed by atoms with Crippen LogP contribution in [-0.2, 0) is 14.3 Å². The zero-order valence-electron chi connectivity index (χ0n) is 15.1. The highest BCUT2D eigenvalue weighted by molar-refractivity contribution is 6.42. The van der Waals surface area contributed by atoms with Crippen molar-refractivity contribution < 1.29 is 19.4 Å². The van der Waals surface area contributed by atoms with Crippen LogP contribution in [0.4, 0.5) is 0 Å². The summed E-state index contributed by atoms with van der Waals surface area (Å²) in [5.74, 6) is -2.62. The Kier molecular flexibility index (Phi) is 6.75. The maximum atomic E-state index is 12.7. The van der Waals surface area contributed by atoms with E-state index in [0.29, 0.717) is 10.6 Å². The lowest BCUT2D eigenvalue weighted by molar-refractivity contribution is -0.138. The molecule has 0 saturated heterocycles. The van der Waals surface area contributed by atoms with E-state index in [4.69, 9.17) is 27.9 Å². The van der Waals surface area contributed by atoms with Crippen molar-refractivity contribution in [3.8, 4) is 0 Å². The van der Waals surface area contributed by atoms with Crippen LogP contribution in [0.3, 0.4) is 0 Å². The number of aliphatic carboxylic acids is 1. The number of carboxylic acid groups (broad SMARTS) is 1. The number of nitrogens with one attached hydrogen (secondary N) is 1. The minimum atomic E-state index is -1.16. The quantitative estimate of drug-likeness (QED) is 0.645. The van der Waals surface area contributed by atoms with E-state index in [0.717, 1.165) is 5.56 Å². The van der Waals surface area contributed by atoms with Gasteiger partial charge in [0.1, 0.15) is 6.61 Å². The third-order valence-corrected chi connectivity index (χ3v) is 5.02. The first kappa shape index (κ1) is 20.7. The molecule has 7 heteroatoms. The molecule has 0 amide bonds. The van der Waals surface area contributed by atoms with Gasteiger partial charge in [-0.1, -0.05) is 65.7 Å². The van der Waals surface area contributed by atoms with Gasteiger partial charge in [-0.2, -0.15) is 0 Å². The first-order valence-corrected chi connectivity index (χ1v) is 9.46. The van der Waals surface area contributed by atoms with E-state index in [1.165, 1.54) is 12.4 Å². The minimum Gasteiger partial charge on any atom is -0.478 e. The molecule has 3 rings (SSSR count). The van der Waals surface area contributed by atoms with Crippen molar-refractivity contribution in [1.82, 2.24) is 5.32 Å². The van der Waals surface area contributed by atoms with Gasteiger partial charge in [0.25, 0.3) is 0 Å². The molecule has 0 spiro atoms. The third kappa shape index (κ3) is 5.08. The normalized spacial score (nSPS) is 16.0. The Balaban J connectivity index is 1.78. The monoisotopic (exact) mass is 429 g/mol. The topological polar surface area (TPSA) is 75.6 Å².